The first-order chi connectivity index (χ1) is 34.6. The zero-order chi connectivity index (χ0) is 46.5. The lowest BCUT2D eigenvalue weighted by atomic mass is 9.95. The van der Waals surface area contributed by atoms with E-state index in [1.165, 1.54) is 58.9 Å². The number of thiophene rings is 1. The lowest BCUT2D eigenvalue weighted by molar-refractivity contribution is 0.669. The van der Waals surface area contributed by atoms with Crippen LogP contribution in [0.25, 0.3) is 147 Å². The van der Waals surface area contributed by atoms with Gasteiger partial charge in [-0.3, -0.25) is 4.57 Å². The van der Waals surface area contributed by atoms with Gasteiger partial charge in [0.05, 0.1) is 11.0 Å². The van der Waals surface area contributed by atoms with Crippen LogP contribution >= 0.6 is 11.3 Å². The summed E-state index contributed by atoms with van der Waals surface area (Å²) < 4.78 is 11.3. The Bertz CT molecular complexity index is 4620. The average Bonchev–Trinajstić information content (AvgIpc) is 4.11. The van der Waals surface area contributed by atoms with E-state index in [0.29, 0.717) is 17.6 Å². The van der Waals surface area contributed by atoms with Crippen LogP contribution in [0.15, 0.2) is 211 Å². The van der Waals surface area contributed by atoms with E-state index in [0.717, 1.165) is 76.8 Å². The lowest BCUT2D eigenvalue weighted by Crippen LogP contribution is -2.07. The van der Waals surface area contributed by atoms with Crippen LogP contribution in [-0.2, 0) is 0 Å². The molecule has 0 saturated heterocycles. The van der Waals surface area contributed by atoms with Crippen LogP contribution in [0.2, 0.25) is 0 Å². The molecular weight excluding hydrogens is 873 g/mol. The molecule has 0 spiro atoms. The summed E-state index contributed by atoms with van der Waals surface area (Å²) >= 11 is 1.85. The summed E-state index contributed by atoms with van der Waals surface area (Å²) in [5.74, 6) is 1.69. The molecule has 15 aromatic rings. The first-order valence-electron chi connectivity index (χ1n) is 24.0. The number of hydrogen-bond donors (Lipinski definition) is 0. The summed E-state index contributed by atoms with van der Waals surface area (Å²) in [6, 6.07) is 73.9. The molecule has 70 heavy (non-hydrogen) atoms. The third kappa shape index (κ3) is 6.20. The molecule has 0 N–H and O–H groups in total. The van der Waals surface area contributed by atoms with Crippen molar-refractivity contribution in [2.45, 2.75) is 20.3 Å². The van der Waals surface area contributed by atoms with Gasteiger partial charge in [0.1, 0.15) is 11.2 Å². The maximum absolute atomic E-state index is 6.44. The van der Waals surface area contributed by atoms with Crippen molar-refractivity contribution in [3.63, 3.8) is 0 Å². The average molecular weight is 915 g/mol. The normalized spacial score (nSPS) is 11.9. The number of nitrogens with zero attached hydrogens (tertiary/aromatic N) is 4. The Morgan fingerprint density at radius 3 is 1.79 bits per heavy atom. The van der Waals surface area contributed by atoms with Crippen LogP contribution in [0.1, 0.15) is 20.3 Å². The maximum Gasteiger partial charge on any atom is 0.238 e. The Balaban J connectivity index is 0.00000150. The largest absolute Gasteiger partial charge is 0.456 e. The minimum Gasteiger partial charge on any atom is -0.456 e. The van der Waals surface area contributed by atoms with Gasteiger partial charge in [-0.05, 0) is 79.7 Å². The van der Waals surface area contributed by atoms with Gasteiger partial charge in [-0.25, -0.2) is 4.98 Å². The summed E-state index contributed by atoms with van der Waals surface area (Å²) in [5.41, 5.74) is 7.72. The zero-order valence-corrected chi connectivity index (χ0v) is 39.3. The van der Waals surface area contributed by atoms with Gasteiger partial charge in [0.15, 0.2) is 11.6 Å². The molecule has 0 atom stereocenters. The van der Waals surface area contributed by atoms with Crippen LogP contribution in [0.4, 0.5) is 0 Å². The van der Waals surface area contributed by atoms with E-state index in [1.807, 2.05) is 23.5 Å². The molecule has 0 saturated carbocycles. The van der Waals surface area contributed by atoms with E-state index >= 15 is 0 Å². The quantitative estimate of drug-likeness (QED) is 0.165. The fraction of sp³-hybridized carbons (Fsp3) is 0.0469. The van der Waals surface area contributed by atoms with Crippen molar-refractivity contribution in [1.82, 2.24) is 19.5 Å². The van der Waals surface area contributed by atoms with E-state index in [-0.39, 0.29) is 0 Å². The van der Waals surface area contributed by atoms with Gasteiger partial charge >= 0.3 is 0 Å². The van der Waals surface area contributed by atoms with E-state index in [4.69, 9.17) is 19.4 Å². The summed E-state index contributed by atoms with van der Waals surface area (Å²) in [6.07, 6.45) is 1.25. The first-order valence-corrected chi connectivity index (χ1v) is 24.8. The Hall–Kier alpha value is -8.71. The van der Waals surface area contributed by atoms with Crippen molar-refractivity contribution in [1.29, 1.82) is 0 Å². The van der Waals surface area contributed by atoms with E-state index < -0.39 is 0 Å². The fourth-order valence-corrected chi connectivity index (χ4v) is 11.9. The molecule has 5 nitrogen and oxygen atoms in total. The summed E-state index contributed by atoms with van der Waals surface area (Å²) in [4.78, 5) is 16.4. The molecule has 0 fully saturated rings. The molecule has 0 amide bonds. The van der Waals surface area contributed by atoms with E-state index in [1.54, 1.807) is 0 Å². The molecule has 4 heterocycles. The topological polar surface area (TPSA) is 56.7 Å². The van der Waals surface area contributed by atoms with Crippen molar-refractivity contribution >= 4 is 118 Å². The van der Waals surface area contributed by atoms with Gasteiger partial charge in [-0.1, -0.05) is 190 Å². The van der Waals surface area contributed by atoms with Crippen molar-refractivity contribution in [2.75, 3.05) is 0 Å². The molecule has 4 aromatic heterocycles. The Labute approximate surface area is 406 Å². The number of rotatable bonds is 4. The zero-order valence-electron chi connectivity index (χ0n) is 38.4. The monoisotopic (exact) mass is 914 g/mol. The Kier molecular flexibility index (Phi) is 9.19. The summed E-state index contributed by atoms with van der Waals surface area (Å²) in [5, 5.41) is 16.5. The van der Waals surface area contributed by atoms with Crippen molar-refractivity contribution < 1.29 is 4.42 Å². The molecular formula is C64H42N4OS. The minimum absolute atomic E-state index is 0.542. The lowest BCUT2D eigenvalue weighted by Gasteiger charge is -2.14. The predicted octanol–water partition coefficient (Wildman–Crippen LogP) is 18.3. The number of hydrogen-bond acceptors (Lipinski definition) is 5. The molecule has 0 aliphatic rings. The number of furan rings is 1. The minimum atomic E-state index is 0.542. The van der Waals surface area contributed by atoms with Crippen molar-refractivity contribution in [3.05, 3.63) is 206 Å². The predicted molar refractivity (Wildman–Crippen MR) is 297 cm³/mol. The smallest absolute Gasteiger partial charge is 0.238 e. The Morgan fingerprint density at radius 2 is 0.971 bits per heavy atom. The van der Waals surface area contributed by atoms with Crippen LogP contribution in [0, 0.1) is 0 Å². The number of para-hydroxylation sites is 2. The van der Waals surface area contributed by atoms with E-state index in [9.17, 15) is 0 Å². The summed E-state index contributed by atoms with van der Waals surface area (Å²) in [7, 11) is 0. The molecule has 6 heteroatoms. The van der Waals surface area contributed by atoms with Gasteiger partial charge in [-0.15, -0.1) is 11.3 Å². The first kappa shape index (κ1) is 40.4. The SMILES string of the molecule is CCC.c1ccc2cc(-c3nc(-c4ccc5c(c4)oc4ccccc45)nc(-n4c5c(-c6ccc7c(c6)sc6ccc8ccccc8c67)cccc5c5c6ccccc6c6ccccc6c54)n3)ccc2c1. The van der Waals surface area contributed by atoms with Gasteiger partial charge in [-0.2, -0.15) is 9.97 Å². The van der Waals surface area contributed by atoms with Gasteiger partial charge in [0.2, 0.25) is 5.95 Å². The molecule has 0 unspecified atom stereocenters. The van der Waals surface area contributed by atoms with Crippen LogP contribution in [0.5, 0.6) is 0 Å². The molecule has 15 rings (SSSR count). The number of aromatic nitrogens is 4. The Morgan fingerprint density at radius 1 is 0.386 bits per heavy atom. The molecule has 0 bridgehead atoms. The van der Waals surface area contributed by atoms with E-state index in [2.05, 4.69) is 213 Å². The molecule has 330 valence electrons. The molecule has 0 aliphatic carbocycles. The highest BCUT2D eigenvalue weighted by Gasteiger charge is 2.25. The highest BCUT2D eigenvalue weighted by Crippen LogP contribution is 2.47. The van der Waals surface area contributed by atoms with Crippen LogP contribution in [0.3, 0.4) is 0 Å². The maximum atomic E-state index is 6.44. The second-order valence-electron chi connectivity index (χ2n) is 18.2. The molecule has 0 aliphatic heterocycles. The molecule has 11 aromatic carbocycles. The number of benzene rings is 11. The van der Waals surface area contributed by atoms with Crippen molar-refractivity contribution in [3.8, 4) is 39.9 Å². The standard InChI is InChI=1S/C61H34N4OS.C3H8/c1-2-14-37-32-39(25-24-35(37)12-1)59-62-60(40-27-29-46-45-18-9-10-23-51(45)66-52(46)33-40)64-61(63-59)65-57-42(38-26-30-49-54(34-38)67-53-31-28-36-13-3-4-15-41(36)55(49)53)21-11-22-50(57)56-47-19-7-5-16-43(47)44-17-6-8-20-48(44)58(56)65;1-3-2/h1-34H;3H2,1-2H3. The van der Waals surface area contributed by atoms with Crippen molar-refractivity contribution in [2.24, 2.45) is 0 Å². The second-order valence-corrected chi connectivity index (χ2v) is 19.3. The van der Waals surface area contributed by atoms with Gasteiger partial charge in [0.25, 0.3) is 0 Å². The fourth-order valence-electron chi connectivity index (χ4n) is 10.8. The third-order valence-electron chi connectivity index (χ3n) is 13.8. The highest BCUT2D eigenvalue weighted by molar-refractivity contribution is 7.26. The van der Waals surface area contributed by atoms with Gasteiger partial charge in [0, 0.05) is 63.8 Å². The molecule has 0 radical (unpaired) electrons. The van der Waals surface area contributed by atoms with Crippen LogP contribution in [-0.4, -0.2) is 19.5 Å². The second kappa shape index (κ2) is 15.9. The van der Waals surface area contributed by atoms with Gasteiger partial charge < -0.3 is 4.42 Å². The number of fused-ring (bicyclic) bond motifs is 17. The third-order valence-corrected chi connectivity index (χ3v) is 14.9. The summed E-state index contributed by atoms with van der Waals surface area (Å²) in [6.45, 7) is 4.25. The van der Waals surface area contributed by atoms with Crippen LogP contribution < -0.4 is 0 Å². The highest BCUT2D eigenvalue weighted by atomic mass is 32.1.